The molecule has 1 N–H and O–H groups in total. The van der Waals surface area contributed by atoms with E-state index in [2.05, 4.69) is 33.1 Å². The summed E-state index contributed by atoms with van der Waals surface area (Å²) in [6.07, 6.45) is 5.14. The van der Waals surface area contributed by atoms with E-state index in [4.69, 9.17) is 4.42 Å². The molecular formula is C14H23BrN2O. The highest BCUT2D eigenvalue weighted by molar-refractivity contribution is 9.10. The van der Waals surface area contributed by atoms with Crippen LogP contribution < -0.4 is 5.32 Å². The topological polar surface area (TPSA) is 28.4 Å². The normalized spacial score (nSPS) is 18.3. The van der Waals surface area contributed by atoms with Crippen LogP contribution in [0.5, 0.6) is 0 Å². The van der Waals surface area contributed by atoms with Gasteiger partial charge in [-0.05, 0) is 67.0 Å². The van der Waals surface area contributed by atoms with Crippen molar-refractivity contribution in [2.45, 2.75) is 45.2 Å². The molecule has 0 bridgehead atoms. The average molecular weight is 315 g/mol. The molecule has 1 aliphatic rings. The fraction of sp³-hybridized carbons (Fsp3) is 0.714. The molecule has 2 rings (SSSR count). The summed E-state index contributed by atoms with van der Waals surface area (Å²) >= 11 is 3.33. The Morgan fingerprint density at radius 3 is 2.78 bits per heavy atom. The third kappa shape index (κ3) is 4.41. The molecule has 0 amide bonds. The summed E-state index contributed by atoms with van der Waals surface area (Å²) in [6, 6.07) is 4.62. The molecule has 4 heteroatoms. The molecule has 0 atom stereocenters. The molecule has 0 aliphatic carbocycles. The maximum absolute atomic E-state index is 5.49. The second-order valence-electron chi connectivity index (χ2n) is 5.06. The standard InChI is InChI=1S/C14H23BrN2O/c1-2-3-8-17-9-6-12(7-10-17)16-11-13-4-5-14(15)18-13/h4-5,12,16H,2-3,6-11H2,1H3. The predicted molar refractivity (Wildman–Crippen MR) is 77.6 cm³/mol. The molecule has 1 aromatic heterocycles. The van der Waals surface area contributed by atoms with E-state index in [1.165, 1.54) is 45.3 Å². The van der Waals surface area contributed by atoms with Gasteiger partial charge in [-0.3, -0.25) is 0 Å². The zero-order chi connectivity index (χ0) is 12.8. The van der Waals surface area contributed by atoms with Gasteiger partial charge < -0.3 is 14.6 Å². The van der Waals surface area contributed by atoms with Crippen molar-refractivity contribution in [3.63, 3.8) is 0 Å². The molecule has 1 aromatic rings. The van der Waals surface area contributed by atoms with Gasteiger partial charge >= 0.3 is 0 Å². The Morgan fingerprint density at radius 1 is 1.39 bits per heavy atom. The van der Waals surface area contributed by atoms with Crippen LogP contribution in [-0.4, -0.2) is 30.6 Å². The summed E-state index contributed by atoms with van der Waals surface area (Å²) in [7, 11) is 0. The van der Waals surface area contributed by atoms with Crippen LogP contribution in [0.25, 0.3) is 0 Å². The highest BCUT2D eigenvalue weighted by Gasteiger charge is 2.18. The molecule has 1 aliphatic heterocycles. The molecule has 102 valence electrons. The molecule has 1 fully saturated rings. The summed E-state index contributed by atoms with van der Waals surface area (Å²) in [5.74, 6) is 1.01. The number of halogens is 1. The van der Waals surface area contributed by atoms with Crippen LogP contribution in [-0.2, 0) is 6.54 Å². The van der Waals surface area contributed by atoms with Crippen LogP contribution in [0.4, 0.5) is 0 Å². The fourth-order valence-corrected chi connectivity index (χ4v) is 2.77. The maximum Gasteiger partial charge on any atom is 0.169 e. The highest BCUT2D eigenvalue weighted by Crippen LogP contribution is 2.15. The van der Waals surface area contributed by atoms with E-state index < -0.39 is 0 Å². The zero-order valence-corrected chi connectivity index (χ0v) is 12.7. The van der Waals surface area contributed by atoms with E-state index >= 15 is 0 Å². The molecule has 0 aromatic carbocycles. The number of unbranched alkanes of at least 4 members (excludes halogenated alkanes) is 1. The van der Waals surface area contributed by atoms with Gasteiger partial charge in [0, 0.05) is 6.04 Å². The van der Waals surface area contributed by atoms with E-state index in [1.807, 2.05) is 12.1 Å². The Kier molecular flexibility index (Phi) is 5.73. The number of piperidine rings is 1. The monoisotopic (exact) mass is 314 g/mol. The lowest BCUT2D eigenvalue weighted by molar-refractivity contribution is 0.193. The van der Waals surface area contributed by atoms with E-state index in [9.17, 15) is 0 Å². The van der Waals surface area contributed by atoms with Gasteiger partial charge in [0.2, 0.25) is 0 Å². The fourth-order valence-electron chi connectivity index (χ4n) is 2.43. The van der Waals surface area contributed by atoms with Crippen LogP contribution in [0.15, 0.2) is 21.2 Å². The van der Waals surface area contributed by atoms with Gasteiger partial charge in [-0.15, -0.1) is 0 Å². The SMILES string of the molecule is CCCCN1CCC(NCc2ccc(Br)o2)CC1. The molecule has 2 heterocycles. The van der Waals surface area contributed by atoms with Crippen molar-refractivity contribution in [1.82, 2.24) is 10.2 Å². The lowest BCUT2D eigenvalue weighted by atomic mass is 10.0. The van der Waals surface area contributed by atoms with Crippen molar-refractivity contribution < 1.29 is 4.42 Å². The minimum Gasteiger partial charge on any atom is -0.453 e. The first-order chi connectivity index (χ1) is 8.78. The Labute approximate surface area is 118 Å². The summed E-state index contributed by atoms with van der Waals surface area (Å²) in [6.45, 7) is 6.84. The first-order valence-corrected chi connectivity index (χ1v) is 7.77. The van der Waals surface area contributed by atoms with Gasteiger partial charge in [0.1, 0.15) is 5.76 Å². The first-order valence-electron chi connectivity index (χ1n) is 6.98. The minimum absolute atomic E-state index is 0.645. The lowest BCUT2D eigenvalue weighted by Crippen LogP contribution is -2.42. The quantitative estimate of drug-likeness (QED) is 0.872. The summed E-state index contributed by atoms with van der Waals surface area (Å²) in [5, 5.41) is 3.59. The summed E-state index contributed by atoms with van der Waals surface area (Å²) in [5.41, 5.74) is 0. The van der Waals surface area contributed by atoms with Crippen molar-refractivity contribution >= 4 is 15.9 Å². The average Bonchev–Trinajstić information content (AvgIpc) is 2.81. The molecular weight excluding hydrogens is 292 g/mol. The number of likely N-dealkylation sites (tertiary alicyclic amines) is 1. The second kappa shape index (κ2) is 7.31. The van der Waals surface area contributed by atoms with Crippen LogP contribution >= 0.6 is 15.9 Å². The van der Waals surface area contributed by atoms with Crippen LogP contribution in [0, 0.1) is 0 Å². The molecule has 18 heavy (non-hydrogen) atoms. The van der Waals surface area contributed by atoms with Crippen LogP contribution in [0.3, 0.4) is 0 Å². The molecule has 0 spiro atoms. The second-order valence-corrected chi connectivity index (χ2v) is 5.84. The van der Waals surface area contributed by atoms with E-state index in [-0.39, 0.29) is 0 Å². The highest BCUT2D eigenvalue weighted by atomic mass is 79.9. The summed E-state index contributed by atoms with van der Waals surface area (Å²) < 4.78 is 6.31. The van der Waals surface area contributed by atoms with E-state index in [0.717, 1.165) is 17.0 Å². The Bertz CT molecular complexity index is 345. The van der Waals surface area contributed by atoms with Crippen molar-refractivity contribution in [3.8, 4) is 0 Å². The third-order valence-electron chi connectivity index (χ3n) is 3.61. The van der Waals surface area contributed by atoms with Crippen LogP contribution in [0.1, 0.15) is 38.4 Å². The van der Waals surface area contributed by atoms with Gasteiger partial charge in [-0.1, -0.05) is 13.3 Å². The molecule has 1 saturated heterocycles. The Hall–Kier alpha value is -0.320. The van der Waals surface area contributed by atoms with Gasteiger partial charge in [-0.2, -0.15) is 0 Å². The van der Waals surface area contributed by atoms with Crippen LogP contribution in [0.2, 0.25) is 0 Å². The Morgan fingerprint density at radius 2 is 2.17 bits per heavy atom. The number of nitrogens with one attached hydrogen (secondary N) is 1. The van der Waals surface area contributed by atoms with Crippen molar-refractivity contribution in [1.29, 1.82) is 0 Å². The molecule has 0 saturated carbocycles. The van der Waals surface area contributed by atoms with Crippen molar-refractivity contribution in [2.24, 2.45) is 0 Å². The molecule has 3 nitrogen and oxygen atoms in total. The largest absolute Gasteiger partial charge is 0.453 e. The molecule has 0 radical (unpaired) electrons. The number of rotatable bonds is 6. The predicted octanol–water partition coefficient (Wildman–Crippen LogP) is 3.40. The van der Waals surface area contributed by atoms with Crippen molar-refractivity contribution in [2.75, 3.05) is 19.6 Å². The lowest BCUT2D eigenvalue weighted by Gasteiger charge is -2.32. The van der Waals surface area contributed by atoms with E-state index in [1.54, 1.807) is 0 Å². The smallest absolute Gasteiger partial charge is 0.169 e. The zero-order valence-electron chi connectivity index (χ0n) is 11.1. The van der Waals surface area contributed by atoms with Gasteiger partial charge in [0.05, 0.1) is 6.54 Å². The van der Waals surface area contributed by atoms with Gasteiger partial charge in [0.15, 0.2) is 4.67 Å². The van der Waals surface area contributed by atoms with Crippen molar-refractivity contribution in [3.05, 3.63) is 22.6 Å². The van der Waals surface area contributed by atoms with Gasteiger partial charge in [-0.25, -0.2) is 0 Å². The number of nitrogens with zero attached hydrogens (tertiary/aromatic N) is 1. The van der Waals surface area contributed by atoms with E-state index in [0.29, 0.717) is 6.04 Å². The number of hydrogen-bond donors (Lipinski definition) is 1. The number of furan rings is 1. The van der Waals surface area contributed by atoms with Gasteiger partial charge in [0.25, 0.3) is 0 Å². The first kappa shape index (κ1) is 14.1. The molecule has 0 unspecified atom stereocenters. The third-order valence-corrected chi connectivity index (χ3v) is 4.04. The maximum atomic E-state index is 5.49. The Balaban J connectivity index is 1.64. The number of hydrogen-bond acceptors (Lipinski definition) is 3. The minimum atomic E-state index is 0.645. The summed E-state index contributed by atoms with van der Waals surface area (Å²) in [4.78, 5) is 2.59.